The first-order valence-corrected chi connectivity index (χ1v) is 11.5. The van der Waals surface area contributed by atoms with Gasteiger partial charge in [-0.1, -0.05) is 23.4 Å². The van der Waals surface area contributed by atoms with E-state index in [0.717, 1.165) is 0 Å². The summed E-state index contributed by atoms with van der Waals surface area (Å²) >= 11 is 6.30. The lowest BCUT2D eigenvalue weighted by Gasteiger charge is -2.29. The Kier molecular flexibility index (Phi) is 7.32. The van der Waals surface area contributed by atoms with Crippen molar-refractivity contribution in [1.29, 1.82) is 0 Å². The Morgan fingerprint density at radius 1 is 1.11 bits per heavy atom. The van der Waals surface area contributed by atoms with Crippen LogP contribution in [0.3, 0.4) is 0 Å². The molecule has 1 fully saturated rings. The minimum Gasteiger partial charge on any atom is -0.465 e. The van der Waals surface area contributed by atoms with Crippen molar-refractivity contribution in [2.45, 2.75) is 44.7 Å². The molecule has 0 saturated heterocycles. The number of nitrogens with zero attached hydrogens (tertiary/aromatic N) is 3. The van der Waals surface area contributed by atoms with Crippen LogP contribution in [0.1, 0.15) is 58.9 Å². The van der Waals surface area contributed by atoms with Crippen molar-refractivity contribution >= 4 is 29.4 Å². The number of aromatic nitrogens is 3. The Bertz CT molecular complexity index is 1300. The average Bonchev–Trinajstić information content (AvgIpc) is 3.22. The number of carboxylic acid groups (broad SMARTS) is 1. The van der Waals surface area contributed by atoms with E-state index in [1.807, 2.05) is 0 Å². The van der Waals surface area contributed by atoms with Crippen molar-refractivity contribution in [2.24, 2.45) is 0 Å². The standard InChI is InChI=1S/C25H23ClFN5O3/c1-15-12-17(3-2-16-4-6-18(27)7-5-16)13-28-23(15)31-24(33)22-21(26)14-29-32(22)20-10-8-19(9-11-20)30-25(34)35/h4-7,12-14,19-20,30H,8-11H2,1H3,(H,34,35)(H,28,31,33). The third-order valence-electron chi connectivity index (χ3n) is 5.84. The third kappa shape index (κ3) is 5.97. The van der Waals surface area contributed by atoms with Gasteiger partial charge in [-0.25, -0.2) is 14.2 Å². The Labute approximate surface area is 206 Å². The minimum atomic E-state index is -1.04. The van der Waals surface area contributed by atoms with Crippen LogP contribution in [0.15, 0.2) is 42.7 Å². The van der Waals surface area contributed by atoms with E-state index in [1.165, 1.54) is 18.3 Å². The Hall–Kier alpha value is -3.90. The number of hydrogen-bond acceptors (Lipinski definition) is 4. The Balaban J connectivity index is 1.45. The fourth-order valence-corrected chi connectivity index (χ4v) is 4.30. The van der Waals surface area contributed by atoms with Crippen LogP contribution in [0.2, 0.25) is 5.02 Å². The van der Waals surface area contributed by atoms with Gasteiger partial charge < -0.3 is 15.7 Å². The smallest absolute Gasteiger partial charge is 0.404 e. The van der Waals surface area contributed by atoms with E-state index in [0.29, 0.717) is 48.2 Å². The van der Waals surface area contributed by atoms with Crippen LogP contribution >= 0.6 is 11.6 Å². The zero-order valence-corrected chi connectivity index (χ0v) is 19.6. The van der Waals surface area contributed by atoms with Gasteiger partial charge in [0.15, 0.2) is 0 Å². The van der Waals surface area contributed by atoms with Crippen LogP contribution < -0.4 is 10.6 Å². The van der Waals surface area contributed by atoms with Gasteiger partial charge >= 0.3 is 6.09 Å². The van der Waals surface area contributed by atoms with Crippen LogP contribution in [-0.4, -0.2) is 37.9 Å². The Morgan fingerprint density at radius 3 is 2.46 bits per heavy atom. The minimum absolute atomic E-state index is 0.0618. The van der Waals surface area contributed by atoms with Crippen LogP contribution in [0.5, 0.6) is 0 Å². The first-order chi connectivity index (χ1) is 16.8. The monoisotopic (exact) mass is 495 g/mol. The van der Waals surface area contributed by atoms with Gasteiger partial charge in [0.1, 0.15) is 17.3 Å². The quantitative estimate of drug-likeness (QED) is 0.451. The number of hydrogen-bond donors (Lipinski definition) is 3. The van der Waals surface area contributed by atoms with Crippen molar-refractivity contribution in [2.75, 3.05) is 5.32 Å². The van der Waals surface area contributed by atoms with E-state index >= 15 is 0 Å². The molecule has 0 aliphatic heterocycles. The average molecular weight is 496 g/mol. The highest BCUT2D eigenvalue weighted by Gasteiger charge is 2.28. The molecule has 1 aromatic carbocycles. The molecule has 35 heavy (non-hydrogen) atoms. The zero-order valence-electron chi connectivity index (χ0n) is 18.9. The number of rotatable bonds is 4. The highest BCUT2D eigenvalue weighted by molar-refractivity contribution is 6.34. The van der Waals surface area contributed by atoms with Gasteiger partial charge in [0.25, 0.3) is 5.91 Å². The first-order valence-electron chi connectivity index (χ1n) is 11.1. The molecule has 0 radical (unpaired) electrons. The second kappa shape index (κ2) is 10.6. The number of nitrogens with one attached hydrogen (secondary N) is 2. The number of benzene rings is 1. The summed E-state index contributed by atoms with van der Waals surface area (Å²) in [6, 6.07) is 7.52. The molecule has 180 valence electrons. The lowest BCUT2D eigenvalue weighted by atomic mass is 9.91. The summed E-state index contributed by atoms with van der Waals surface area (Å²) in [5, 5.41) is 18.8. The molecule has 3 N–H and O–H groups in total. The van der Waals surface area contributed by atoms with Gasteiger partial charge in [-0.2, -0.15) is 5.10 Å². The van der Waals surface area contributed by atoms with Gasteiger partial charge in [-0.05, 0) is 68.5 Å². The maximum atomic E-state index is 13.1. The maximum Gasteiger partial charge on any atom is 0.404 e. The molecule has 0 spiro atoms. The number of carbonyl (C=O) groups excluding carboxylic acids is 1. The van der Waals surface area contributed by atoms with Crippen LogP contribution in [-0.2, 0) is 0 Å². The summed E-state index contributed by atoms with van der Waals surface area (Å²) in [7, 11) is 0. The van der Waals surface area contributed by atoms with Gasteiger partial charge in [0.05, 0.1) is 17.3 Å². The van der Waals surface area contributed by atoms with E-state index in [-0.39, 0.29) is 28.6 Å². The van der Waals surface area contributed by atoms with Crippen molar-refractivity contribution < 1.29 is 19.1 Å². The second-order valence-electron chi connectivity index (χ2n) is 8.34. The zero-order chi connectivity index (χ0) is 24.9. The van der Waals surface area contributed by atoms with E-state index in [4.69, 9.17) is 16.7 Å². The van der Waals surface area contributed by atoms with E-state index in [9.17, 15) is 14.0 Å². The van der Waals surface area contributed by atoms with Crippen LogP contribution in [0.4, 0.5) is 15.0 Å². The molecular weight excluding hydrogens is 473 g/mol. The molecule has 1 saturated carbocycles. The summed E-state index contributed by atoms with van der Waals surface area (Å²) in [4.78, 5) is 28.3. The molecule has 0 unspecified atom stereocenters. The molecule has 3 aromatic rings. The Morgan fingerprint density at radius 2 is 1.80 bits per heavy atom. The van der Waals surface area contributed by atoms with Crippen molar-refractivity contribution in [3.05, 3.63) is 75.9 Å². The largest absolute Gasteiger partial charge is 0.465 e. The number of pyridine rings is 1. The fourth-order valence-electron chi connectivity index (χ4n) is 4.09. The van der Waals surface area contributed by atoms with Crippen molar-refractivity contribution in [3.63, 3.8) is 0 Å². The van der Waals surface area contributed by atoms with Gasteiger partial charge in [-0.15, -0.1) is 0 Å². The SMILES string of the molecule is Cc1cc(C#Cc2ccc(F)cc2)cnc1NC(=O)c1c(Cl)cnn1C1CCC(NC(=O)O)CC1. The fraction of sp³-hybridized carbons (Fsp3) is 0.280. The maximum absolute atomic E-state index is 13.1. The number of aryl methyl sites for hydroxylation is 1. The van der Waals surface area contributed by atoms with Crippen molar-refractivity contribution in [3.8, 4) is 11.8 Å². The van der Waals surface area contributed by atoms with E-state index in [2.05, 4.69) is 32.6 Å². The topological polar surface area (TPSA) is 109 Å². The number of halogens is 2. The second-order valence-corrected chi connectivity index (χ2v) is 8.75. The highest BCUT2D eigenvalue weighted by atomic mass is 35.5. The molecule has 0 atom stereocenters. The molecule has 4 rings (SSSR count). The molecular formula is C25H23ClFN5O3. The number of amides is 2. The lowest BCUT2D eigenvalue weighted by molar-refractivity contribution is 0.101. The molecule has 2 amide bonds. The molecule has 2 aromatic heterocycles. The van der Waals surface area contributed by atoms with E-state index in [1.54, 1.807) is 36.0 Å². The van der Waals surface area contributed by atoms with Gasteiger partial charge in [0, 0.05) is 23.4 Å². The van der Waals surface area contributed by atoms with Crippen LogP contribution in [0, 0.1) is 24.6 Å². The van der Waals surface area contributed by atoms with Gasteiger partial charge in [-0.3, -0.25) is 9.48 Å². The summed E-state index contributed by atoms with van der Waals surface area (Å²) in [6.45, 7) is 1.81. The molecule has 8 nitrogen and oxygen atoms in total. The molecule has 1 aliphatic carbocycles. The summed E-state index contributed by atoms with van der Waals surface area (Å²) in [6.07, 6.45) is 4.59. The van der Waals surface area contributed by atoms with Crippen LogP contribution in [0.25, 0.3) is 0 Å². The van der Waals surface area contributed by atoms with Gasteiger partial charge in [0.2, 0.25) is 0 Å². The molecule has 0 bridgehead atoms. The lowest BCUT2D eigenvalue weighted by Crippen LogP contribution is -2.37. The third-order valence-corrected chi connectivity index (χ3v) is 6.12. The molecule has 1 aliphatic rings. The van der Waals surface area contributed by atoms with Crippen molar-refractivity contribution in [1.82, 2.24) is 20.1 Å². The predicted octanol–water partition coefficient (Wildman–Crippen LogP) is 4.78. The number of anilines is 1. The van der Waals surface area contributed by atoms with E-state index < -0.39 is 12.0 Å². The molecule has 2 heterocycles. The normalized spacial score (nSPS) is 17.2. The first kappa shape index (κ1) is 24.2. The predicted molar refractivity (Wildman–Crippen MR) is 129 cm³/mol. The summed E-state index contributed by atoms with van der Waals surface area (Å²) in [5.41, 5.74) is 2.28. The number of carbonyl (C=O) groups is 2. The summed E-state index contributed by atoms with van der Waals surface area (Å²) in [5.74, 6) is 5.56. The molecule has 10 heteroatoms. The highest BCUT2D eigenvalue weighted by Crippen LogP contribution is 2.31. The summed E-state index contributed by atoms with van der Waals surface area (Å²) < 4.78 is 14.7.